The van der Waals surface area contributed by atoms with E-state index in [9.17, 15) is 20.3 Å². The van der Waals surface area contributed by atoms with Gasteiger partial charge in [-0.05, 0) is 105 Å². The topological polar surface area (TPSA) is 191 Å². The summed E-state index contributed by atoms with van der Waals surface area (Å²) in [5, 5.41) is 32.9. The van der Waals surface area contributed by atoms with E-state index in [-0.39, 0.29) is 18.0 Å². The number of hydrogen-bond acceptors (Lipinski definition) is 12. The fourth-order valence-electron chi connectivity index (χ4n) is 8.07. The van der Waals surface area contributed by atoms with Crippen molar-refractivity contribution in [2.45, 2.75) is 58.1 Å². The second-order valence-electron chi connectivity index (χ2n) is 14.7. The number of hydrogen-bond donors (Lipinski definition) is 4. The van der Waals surface area contributed by atoms with Gasteiger partial charge in [0.2, 0.25) is 11.8 Å². The molecule has 8 rings (SSSR count). The first kappa shape index (κ1) is 35.4. The number of fused-ring (bicyclic) bond motifs is 2. The van der Waals surface area contributed by atoms with Gasteiger partial charge in [-0.2, -0.15) is 10.2 Å². The predicted molar refractivity (Wildman–Crippen MR) is 206 cm³/mol. The van der Waals surface area contributed by atoms with E-state index in [1.54, 1.807) is 0 Å². The number of nitrogens with one attached hydrogen (secondary N) is 1. The van der Waals surface area contributed by atoms with Crippen molar-refractivity contribution >= 4 is 40.5 Å². The quantitative estimate of drug-likeness (QED) is 0.138. The van der Waals surface area contributed by atoms with Crippen molar-refractivity contribution < 1.29 is 19.4 Å². The largest absolute Gasteiger partial charge is 0.481 e. The highest BCUT2D eigenvalue weighted by Gasteiger charge is 2.31. The molecular weight excluding hydrogens is 683 g/mol. The number of aliphatic hydroxyl groups excluding tert-OH is 1. The molecule has 2 saturated heterocycles. The van der Waals surface area contributed by atoms with Gasteiger partial charge < -0.3 is 25.7 Å². The molecule has 2 aromatic carbocycles. The molecule has 0 bridgehead atoms. The van der Waals surface area contributed by atoms with Gasteiger partial charge in [0.15, 0.2) is 5.82 Å². The van der Waals surface area contributed by atoms with Crippen LogP contribution in [0.3, 0.4) is 0 Å². The number of aromatic nitrogens is 4. The van der Waals surface area contributed by atoms with Crippen LogP contribution in [0.5, 0.6) is 0 Å². The summed E-state index contributed by atoms with van der Waals surface area (Å²) in [6, 6.07) is 16.6. The van der Waals surface area contributed by atoms with Crippen LogP contribution < -0.4 is 11.1 Å². The molecule has 5 N–H and O–H groups in total. The lowest BCUT2D eigenvalue weighted by molar-refractivity contribution is -0.143. The maximum atomic E-state index is 11.4. The number of nitrogens with zero attached hydrogens (tertiary/aromatic N) is 7. The van der Waals surface area contributed by atoms with E-state index in [0.29, 0.717) is 73.1 Å². The Kier molecular flexibility index (Phi) is 9.58. The molecule has 13 heteroatoms. The molecule has 3 aromatic heterocycles. The number of oxazole rings is 1. The zero-order valence-corrected chi connectivity index (χ0v) is 30.4. The van der Waals surface area contributed by atoms with Crippen LogP contribution in [-0.2, 0) is 11.3 Å². The number of likely N-dealkylation sites (tertiary alicyclic amines) is 2. The first-order chi connectivity index (χ1) is 26.1. The van der Waals surface area contributed by atoms with Crippen LogP contribution in [0, 0.1) is 31.1 Å². The van der Waals surface area contributed by atoms with Crippen molar-refractivity contribution in [2.75, 3.05) is 43.8 Å². The number of β-amino-alcohol motifs (C(OH)–C–C–N with tert-alkyl or cyclic N) is 1. The number of anilines is 3. The lowest BCUT2D eigenvalue weighted by Gasteiger charge is -2.31. The highest BCUT2D eigenvalue weighted by atomic mass is 16.4. The molecule has 1 aliphatic carbocycles. The number of carbonyl (C=O) groups is 1. The molecule has 54 heavy (non-hydrogen) atoms. The second kappa shape index (κ2) is 14.6. The summed E-state index contributed by atoms with van der Waals surface area (Å²) >= 11 is 0. The number of aliphatic carboxylic acids is 1. The van der Waals surface area contributed by atoms with Crippen LogP contribution in [0.25, 0.3) is 39.7 Å². The Bertz CT molecular complexity index is 2320. The van der Waals surface area contributed by atoms with E-state index in [1.807, 2.05) is 42.6 Å². The number of carboxylic acid groups (broad SMARTS) is 1. The third kappa shape index (κ3) is 7.03. The van der Waals surface area contributed by atoms with Gasteiger partial charge in [-0.1, -0.05) is 29.8 Å². The van der Waals surface area contributed by atoms with E-state index < -0.39 is 11.9 Å². The predicted octanol–water partition coefficient (Wildman–Crippen LogP) is 6.05. The highest BCUT2D eigenvalue weighted by Crippen LogP contribution is 2.40. The summed E-state index contributed by atoms with van der Waals surface area (Å²) in [6.07, 6.45) is 6.18. The van der Waals surface area contributed by atoms with Crippen LogP contribution in [0.2, 0.25) is 0 Å². The van der Waals surface area contributed by atoms with Gasteiger partial charge in [-0.15, -0.1) is 0 Å². The molecule has 13 nitrogen and oxygen atoms in total. The molecule has 2 fully saturated rings. The molecule has 0 spiro atoms. The first-order valence-corrected chi connectivity index (χ1v) is 18.5. The molecule has 2 atom stereocenters. The summed E-state index contributed by atoms with van der Waals surface area (Å²) in [7, 11) is 0. The summed E-state index contributed by atoms with van der Waals surface area (Å²) in [5.74, 6) is 0.262. The summed E-state index contributed by atoms with van der Waals surface area (Å²) < 4.78 is 6.37. The van der Waals surface area contributed by atoms with Crippen LogP contribution in [0.15, 0.2) is 58.7 Å². The highest BCUT2D eigenvalue weighted by molar-refractivity contribution is 5.90. The number of rotatable bonds is 9. The molecule has 276 valence electrons. The SMILES string of the molecule is Cc1c(Nc2nc(N)nc3cc(CN4CC[C@@H](O)C4)cnc23)cccc1-c1cccc(-c2nc3c(o2)C(C#N)CC(CN2CCC(C(=O)O)CC2)=C3)c1C. The zero-order chi connectivity index (χ0) is 37.5. The monoisotopic (exact) mass is 725 g/mol. The summed E-state index contributed by atoms with van der Waals surface area (Å²) in [6.45, 7) is 8.41. The standard InChI is InChI=1S/C41H43N9O4/c1-23-30(5-3-7-32(23)39-46-35-16-25(15-28(18-42)37(35)54-39)20-49-12-9-27(10-13-49)40(52)53)31-6-4-8-33(24(31)2)45-38-36-34(47-41(43)48-38)17-26(19-44-36)21-50-14-11-29(51)22-50/h3-8,16-17,19,27-29,51H,9-15,20-22H2,1-2H3,(H,52,53)(H3,43,45,47,48)/t28?,29-/m1/s1. The normalized spacial score (nSPS) is 19.4. The van der Waals surface area contributed by atoms with E-state index in [0.717, 1.165) is 70.7 Å². The number of carboxylic acids is 1. The molecule has 5 heterocycles. The molecule has 0 radical (unpaired) electrons. The number of aliphatic hydroxyl groups is 1. The Hall–Kier alpha value is -5.68. The van der Waals surface area contributed by atoms with Gasteiger partial charge in [0.25, 0.3) is 0 Å². The summed E-state index contributed by atoms with van der Waals surface area (Å²) in [4.78, 5) is 34.5. The van der Waals surface area contributed by atoms with Gasteiger partial charge in [0, 0.05) is 43.6 Å². The Morgan fingerprint density at radius 1 is 1.00 bits per heavy atom. The minimum Gasteiger partial charge on any atom is -0.481 e. The number of pyridine rings is 1. The minimum absolute atomic E-state index is 0.146. The summed E-state index contributed by atoms with van der Waals surface area (Å²) in [5.41, 5.74) is 16.0. The Balaban J connectivity index is 1.05. The number of nitrogen functional groups attached to an aromatic ring is 1. The van der Waals surface area contributed by atoms with Crippen LogP contribution in [0.4, 0.5) is 17.5 Å². The van der Waals surface area contributed by atoms with Gasteiger partial charge in [-0.25, -0.2) is 9.97 Å². The maximum Gasteiger partial charge on any atom is 0.306 e. The average molecular weight is 726 g/mol. The first-order valence-electron chi connectivity index (χ1n) is 18.5. The van der Waals surface area contributed by atoms with Crippen molar-refractivity contribution in [3.05, 3.63) is 82.4 Å². The van der Waals surface area contributed by atoms with E-state index in [4.69, 9.17) is 20.1 Å². The Morgan fingerprint density at radius 3 is 2.48 bits per heavy atom. The maximum absolute atomic E-state index is 11.4. The van der Waals surface area contributed by atoms with Crippen molar-refractivity contribution in [3.8, 4) is 28.7 Å². The van der Waals surface area contributed by atoms with Gasteiger partial charge >= 0.3 is 5.97 Å². The number of benzene rings is 2. The van der Waals surface area contributed by atoms with Crippen molar-refractivity contribution in [2.24, 2.45) is 5.92 Å². The molecule has 3 aliphatic rings. The van der Waals surface area contributed by atoms with E-state index in [2.05, 4.69) is 57.1 Å². The second-order valence-corrected chi connectivity index (χ2v) is 14.7. The van der Waals surface area contributed by atoms with Crippen LogP contribution >= 0.6 is 0 Å². The molecule has 2 aliphatic heterocycles. The van der Waals surface area contributed by atoms with Gasteiger partial charge in [0.05, 0.1) is 23.6 Å². The fraction of sp³-hybridized carbons (Fsp3) is 0.366. The van der Waals surface area contributed by atoms with Crippen LogP contribution in [0.1, 0.15) is 59.7 Å². The van der Waals surface area contributed by atoms with Crippen molar-refractivity contribution in [1.29, 1.82) is 5.26 Å². The van der Waals surface area contributed by atoms with Gasteiger partial charge in [0.1, 0.15) is 22.9 Å². The Labute approximate surface area is 313 Å². The third-order valence-electron chi connectivity index (χ3n) is 11.0. The minimum atomic E-state index is -0.723. The van der Waals surface area contributed by atoms with Crippen molar-refractivity contribution in [1.82, 2.24) is 29.7 Å². The number of nitriles is 1. The molecular formula is C41H43N9O4. The number of piperidine rings is 1. The molecule has 0 saturated carbocycles. The Morgan fingerprint density at radius 2 is 1.74 bits per heavy atom. The van der Waals surface area contributed by atoms with E-state index >= 15 is 0 Å². The average Bonchev–Trinajstić information content (AvgIpc) is 3.78. The molecule has 0 amide bonds. The molecule has 5 aromatic rings. The smallest absolute Gasteiger partial charge is 0.306 e. The van der Waals surface area contributed by atoms with E-state index in [1.165, 1.54) is 0 Å². The number of nitrogens with two attached hydrogens (primary N) is 1. The van der Waals surface area contributed by atoms with Crippen LogP contribution in [-0.4, -0.2) is 84.7 Å². The third-order valence-corrected chi connectivity index (χ3v) is 11.0. The lowest BCUT2D eigenvalue weighted by Crippen LogP contribution is -2.37. The fourth-order valence-corrected chi connectivity index (χ4v) is 8.07. The van der Waals surface area contributed by atoms with Crippen molar-refractivity contribution in [3.63, 3.8) is 0 Å². The molecule has 1 unspecified atom stereocenters. The zero-order valence-electron chi connectivity index (χ0n) is 30.4. The lowest BCUT2D eigenvalue weighted by atomic mass is 9.90. The van der Waals surface area contributed by atoms with Gasteiger partial charge in [-0.3, -0.25) is 19.6 Å².